The van der Waals surface area contributed by atoms with Gasteiger partial charge in [-0.2, -0.15) is 0 Å². The number of fused-ring (bicyclic) bond motifs is 14. The van der Waals surface area contributed by atoms with Crippen LogP contribution in [0.5, 0.6) is 0 Å². The van der Waals surface area contributed by atoms with Crippen LogP contribution in [0.2, 0.25) is 0 Å². The van der Waals surface area contributed by atoms with Crippen LogP contribution in [-0.2, 0) is 5.41 Å². The van der Waals surface area contributed by atoms with Gasteiger partial charge in [0.15, 0.2) is 0 Å². The van der Waals surface area contributed by atoms with E-state index in [9.17, 15) is 0 Å². The van der Waals surface area contributed by atoms with E-state index in [-0.39, 0.29) is 5.41 Å². The molecule has 0 aliphatic heterocycles. The van der Waals surface area contributed by atoms with E-state index in [2.05, 4.69) is 109 Å². The van der Waals surface area contributed by atoms with Gasteiger partial charge in [0.2, 0.25) is 0 Å². The molecule has 0 bridgehead atoms. The van der Waals surface area contributed by atoms with Gasteiger partial charge < -0.3 is 4.40 Å². The van der Waals surface area contributed by atoms with Gasteiger partial charge in [0.1, 0.15) is 0 Å². The number of aromatic nitrogens is 1. The fourth-order valence-corrected chi connectivity index (χ4v) is 8.36. The van der Waals surface area contributed by atoms with Crippen molar-refractivity contribution in [3.63, 3.8) is 0 Å². The standard InChI is InChI=1S/C33H21NS/c1-33(2)24-12-5-3-8-18(24)20-14-16-25-28(30(20)33)22-10-7-11-23-29-26(34(25)31(22)23)17-15-21-19-9-4-6-13-27(19)35-32(21)29/h3-17H,1-2H3. The maximum absolute atomic E-state index is 2.54. The van der Waals surface area contributed by atoms with Crippen LogP contribution in [0.15, 0.2) is 91.0 Å². The quantitative estimate of drug-likeness (QED) is 0.211. The Balaban J connectivity index is 1.53. The van der Waals surface area contributed by atoms with E-state index in [1.807, 2.05) is 11.3 Å². The van der Waals surface area contributed by atoms with Crippen molar-refractivity contribution in [1.29, 1.82) is 0 Å². The van der Waals surface area contributed by atoms with E-state index in [0.717, 1.165) is 0 Å². The number of rotatable bonds is 0. The molecule has 0 saturated heterocycles. The molecular weight excluding hydrogens is 442 g/mol. The number of para-hydroxylation sites is 1. The summed E-state index contributed by atoms with van der Waals surface area (Å²) in [7, 11) is 0. The van der Waals surface area contributed by atoms with Gasteiger partial charge in [-0.3, -0.25) is 0 Å². The summed E-state index contributed by atoms with van der Waals surface area (Å²) in [5, 5.41) is 8.29. The third kappa shape index (κ3) is 1.96. The zero-order valence-electron chi connectivity index (χ0n) is 19.5. The van der Waals surface area contributed by atoms with Crippen LogP contribution in [0, 0.1) is 0 Å². The van der Waals surface area contributed by atoms with Gasteiger partial charge in [-0.15, -0.1) is 11.3 Å². The fraction of sp³-hybridized carbons (Fsp3) is 0.0909. The summed E-state index contributed by atoms with van der Waals surface area (Å²) in [5.74, 6) is 0. The van der Waals surface area contributed by atoms with Gasteiger partial charge in [-0.1, -0.05) is 86.6 Å². The summed E-state index contributed by atoms with van der Waals surface area (Å²) in [6, 6.07) is 34.1. The number of thiophene rings is 1. The van der Waals surface area contributed by atoms with E-state index in [1.54, 1.807) is 0 Å². The van der Waals surface area contributed by atoms with E-state index in [1.165, 1.54) is 80.5 Å². The first-order valence-electron chi connectivity index (χ1n) is 12.3. The van der Waals surface area contributed by atoms with Crippen LogP contribution < -0.4 is 0 Å². The molecule has 0 N–H and O–H groups in total. The Labute approximate surface area is 206 Å². The van der Waals surface area contributed by atoms with Crippen LogP contribution >= 0.6 is 11.3 Å². The molecule has 1 aliphatic rings. The van der Waals surface area contributed by atoms with Crippen LogP contribution in [0.1, 0.15) is 25.0 Å². The predicted molar refractivity (Wildman–Crippen MR) is 152 cm³/mol. The van der Waals surface area contributed by atoms with Crippen LogP contribution in [-0.4, -0.2) is 4.40 Å². The Morgan fingerprint density at radius 2 is 1.31 bits per heavy atom. The second-order valence-corrected chi connectivity index (χ2v) is 11.6. The summed E-state index contributed by atoms with van der Waals surface area (Å²) in [6.07, 6.45) is 0. The van der Waals surface area contributed by atoms with Crippen LogP contribution in [0.4, 0.5) is 0 Å². The summed E-state index contributed by atoms with van der Waals surface area (Å²) in [6.45, 7) is 4.79. The van der Waals surface area contributed by atoms with Crippen molar-refractivity contribution in [3.8, 4) is 11.1 Å². The molecule has 0 atom stereocenters. The largest absolute Gasteiger partial charge is 0.308 e. The first kappa shape index (κ1) is 18.4. The highest BCUT2D eigenvalue weighted by atomic mass is 32.1. The average Bonchev–Trinajstić information content (AvgIpc) is 3.59. The highest BCUT2D eigenvalue weighted by Crippen LogP contribution is 2.54. The van der Waals surface area contributed by atoms with Crippen LogP contribution in [0.3, 0.4) is 0 Å². The number of benzene rings is 5. The molecule has 9 rings (SSSR count). The maximum Gasteiger partial charge on any atom is 0.0621 e. The van der Waals surface area contributed by atoms with Gasteiger partial charge in [-0.05, 0) is 40.5 Å². The van der Waals surface area contributed by atoms with Crippen molar-refractivity contribution >= 4 is 69.6 Å². The predicted octanol–water partition coefficient (Wildman–Crippen LogP) is 9.51. The molecular formula is C33H21NS. The van der Waals surface area contributed by atoms with E-state index < -0.39 is 0 Å². The molecule has 0 radical (unpaired) electrons. The van der Waals surface area contributed by atoms with Gasteiger partial charge >= 0.3 is 0 Å². The lowest BCUT2D eigenvalue weighted by Gasteiger charge is -2.22. The zero-order chi connectivity index (χ0) is 23.1. The Morgan fingerprint density at radius 1 is 0.600 bits per heavy atom. The van der Waals surface area contributed by atoms with Crippen molar-refractivity contribution in [2.45, 2.75) is 19.3 Å². The van der Waals surface area contributed by atoms with Gasteiger partial charge in [-0.25, -0.2) is 0 Å². The van der Waals surface area contributed by atoms with E-state index >= 15 is 0 Å². The van der Waals surface area contributed by atoms with Crippen molar-refractivity contribution in [1.82, 2.24) is 4.40 Å². The van der Waals surface area contributed by atoms with Crippen molar-refractivity contribution in [2.24, 2.45) is 0 Å². The van der Waals surface area contributed by atoms with Crippen LogP contribution in [0.25, 0.3) is 69.4 Å². The van der Waals surface area contributed by atoms with Gasteiger partial charge in [0, 0.05) is 47.1 Å². The molecule has 0 unspecified atom stereocenters. The Kier molecular flexibility index (Phi) is 3.08. The molecule has 0 amide bonds. The lowest BCUT2D eigenvalue weighted by Crippen LogP contribution is -2.15. The Hall–Kier alpha value is -3.88. The number of hydrogen-bond donors (Lipinski definition) is 0. The highest BCUT2D eigenvalue weighted by molar-refractivity contribution is 7.26. The summed E-state index contributed by atoms with van der Waals surface area (Å²) in [5.41, 5.74) is 9.66. The molecule has 3 aromatic heterocycles. The lowest BCUT2D eigenvalue weighted by atomic mass is 9.80. The third-order valence-corrected chi connectivity index (χ3v) is 9.71. The second-order valence-electron chi connectivity index (χ2n) is 10.5. The smallest absolute Gasteiger partial charge is 0.0621 e. The second kappa shape index (κ2) is 5.84. The summed E-state index contributed by atoms with van der Waals surface area (Å²) in [4.78, 5) is 0. The maximum atomic E-state index is 2.54. The zero-order valence-corrected chi connectivity index (χ0v) is 20.3. The molecule has 0 saturated carbocycles. The fourth-order valence-electron chi connectivity index (χ4n) is 7.11. The summed E-state index contributed by atoms with van der Waals surface area (Å²) >= 11 is 1.93. The Bertz CT molecular complexity index is 2190. The average molecular weight is 464 g/mol. The molecule has 0 fully saturated rings. The van der Waals surface area contributed by atoms with Gasteiger partial charge in [0.25, 0.3) is 0 Å². The normalized spacial score (nSPS) is 14.8. The minimum Gasteiger partial charge on any atom is -0.308 e. The van der Waals surface area contributed by atoms with Crippen molar-refractivity contribution in [2.75, 3.05) is 0 Å². The van der Waals surface area contributed by atoms with E-state index in [4.69, 9.17) is 0 Å². The summed E-state index contributed by atoms with van der Waals surface area (Å²) < 4.78 is 5.31. The third-order valence-electron chi connectivity index (χ3n) is 8.50. The minimum atomic E-state index is -0.0297. The molecule has 164 valence electrons. The molecule has 5 aromatic carbocycles. The SMILES string of the molecule is CC1(C)c2ccccc2-c2ccc3c(c21)c1cccc2c4c5sc6ccccc6c5ccc4n3c12. The first-order chi connectivity index (χ1) is 17.1. The lowest BCUT2D eigenvalue weighted by molar-refractivity contribution is 0.666. The molecule has 1 nitrogen and oxygen atoms in total. The number of hydrogen-bond acceptors (Lipinski definition) is 1. The van der Waals surface area contributed by atoms with Crippen molar-refractivity contribution < 1.29 is 0 Å². The van der Waals surface area contributed by atoms with E-state index in [0.29, 0.717) is 0 Å². The van der Waals surface area contributed by atoms with Crippen molar-refractivity contribution in [3.05, 3.63) is 102 Å². The minimum absolute atomic E-state index is 0.0297. The molecule has 2 heteroatoms. The molecule has 1 aliphatic carbocycles. The number of nitrogens with zero attached hydrogens (tertiary/aromatic N) is 1. The first-order valence-corrected chi connectivity index (χ1v) is 13.1. The topological polar surface area (TPSA) is 4.41 Å². The Morgan fingerprint density at radius 3 is 2.23 bits per heavy atom. The monoisotopic (exact) mass is 463 g/mol. The molecule has 0 spiro atoms. The van der Waals surface area contributed by atoms with Gasteiger partial charge in [0.05, 0.1) is 16.6 Å². The molecule has 35 heavy (non-hydrogen) atoms. The molecule has 3 heterocycles. The molecule has 8 aromatic rings. The highest BCUT2D eigenvalue weighted by Gasteiger charge is 2.38.